The van der Waals surface area contributed by atoms with Gasteiger partial charge < -0.3 is 14.5 Å². The molecule has 1 fully saturated rings. The van der Waals surface area contributed by atoms with Gasteiger partial charge in [-0.15, -0.1) is 0 Å². The predicted octanol–water partition coefficient (Wildman–Crippen LogP) is 3.81. The topological polar surface area (TPSA) is 45.7 Å². The molecule has 0 radical (unpaired) electrons. The first kappa shape index (κ1) is 18.7. The Morgan fingerprint density at radius 3 is 2.50 bits per heavy atom. The van der Waals surface area contributed by atoms with Crippen molar-refractivity contribution in [2.75, 3.05) is 38.2 Å². The number of methoxy groups -OCH3 is 1. The number of fused-ring (bicyclic) bond motifs is 1. The molecule has 0 bridgehead atoms. The molecule has 0 N–H and O–H groups in total. The number of amides is 1. The minimum Gasteiger partial charge on any atom is -0.497 e. The van der Waals surface area contributed by atoms with E-state index in [1.165, 1.54) is 15.8 Å². The maximum Gasteiger partial charge on any atom is 0.227 e. The molecule has 1 amide bonds. The number of piperazine rings is 1. The number of aromatic nitrogens is 1. The van der Waals surface area contributed by atoms with E-state index in [4.69, 9.17) is 9.72 Å². The molecule has 1 aliphatic heterocycles. The molecule has 5 nitrogen and oxygen atoms in total. The summed E-state index contributed by atoms with van der Waals surface area (Å²) in [5.74, 6) is 0.992. The van der Waals surface area contributed by atoms with E-state index < -0.39 is 0 Å². The van der Waals surface area contributed by atoms with Crippen LogP contribution in [0, 0.1) is 13.8 Å². The van der Waals surface area contributed by atoms with Crippen molar-refractivity contribution in [2.24, 2.45) is 0 Å². The van der Waals surface area contributed by atoms with Gasteiger partial charge in [0.05, 0.1) is 23.7 Å². The third kappa shape index (κ3) is 3.83. The minimum atomic E-state index is 0.181. The SMILES string of the molecule is COc1ccc(CC(=O)N2CCN(c3nc4c(C)cc(C)cc4s3)CC2)cc1. The van der Waals surface area contributed by atoms with Gasteiger partial charge in [0.25, 0.3) is 0 Å². The molecule has 1 aliphatic rings. The van der Waals surface area contributed by atoms with Crippen molar-refractivity contribution >= 4 is 32.6 Å². The molecule has 3 aromatic rings. The summed E-state index contributed by atoms with van der Waals surface area (Å²) in [6.45, 7) is 7.37. The zero-order valence-electron chi connectivity index (χ0n) is 16.6. The standard InChI is InChI=1S/C22H25N3O2S/c1-15-12-16(2)21-19(13-15)28-22(23-21)25-10-8-24(9-11-25)20(26)14-17-4-6-18(27-3)7-5-17/h4-7,12-13H,8-11,14H2,1-3H3. The van der Waals surface area contributed by atoms with Gasteiger partial charge in [0.2, 0.25) is 5.91 Å². The molecule has 0 spiro atoms. The zero-order valence-corrected chi connectivity index (χ0v) is 17.4. The summed E-state index contributed by atoms with van der Waals surface area (Å²) in [6.07, 6.45) is 0.434. The van der Waals surface area contributed by atoms with Crippen LogP contribution in [-0.4, -0.2) is 49.1 Å². The highest BCUT2D eigenvalue weighted by Crippen LogP contribution is 2.32. The monoisotopic (exact) mass is 395 g/mol. The molecule has 2 aromatic carbocycles. The largest absolute Gasteiger partial charge is 0.497 e. The molecular formula is C22H25N3O2S. The first-order chi connectivity index (χ1) is 13.5. The Hall–Kier alpha value is -2.60. The predicted molar refractivity (Wildman–Crippen MR) is 115 cm³/mol. The van der Waals surface area contributed by atoms with Crippen LogP contribution >= 0.6 is 11.3 Å². The second-order valence-electron chi connectivity index (χ2n) is 7.32. The van der Waals surface area contributed by atoms with Crippen LogP contribution in [0.1, 0.15) is 16.7 Å². The lowest BCUT2D eigenvalue weighted by Crippen LogP contribution is -2.49. The second kappa shape index (κ2) is 7.80. The van der Waals surface area contributed by atoms with Crippen molar-refractivity contribution in [1.29, 1.82) is 0 Å². The number of anilines is 1. The number of carbonyl (C=O) groups excluding carboxylic acids is 1. The summed E-state index contributed by atoms with van der Waals surface area (Å²) in [5, 5.41) is 1.06. The second-order valence-corrected chi connectivity index (χ2v) is 8.33. The highest BCUT2D eigenvalue weighted by Gasteiger charge is 2.23. The highest BCUT2D eigenvalue weighted by atomic mass is 32.1. The number of aryl methyl sites for hydroxylation is 2. The van der Waals surface area contributed by atoms with Crippen LogP contribution < -0.4 is 9.64 Å². The summed E-state index contributed by atoms with van der Waals surface area (Å²) in [4.78, 5) is 21.8. The lowest BCUT2D eigenvalue weighted by Gasteiger charge is -2.34. The maximum atomic E-state index is 12.7. The summed E-state index contributed by atoms with van der Waals surface area (Å²) in [7, 11) is 1.65. The van der Waals surface area contributed by atoms with Gasteiger partial charge in [0.1, 0.15) is 5.75 Å². The van der Waals surface area contributed by atoms with Crippen molar-refractivity contribution < 1.29 is 9.53 Å². The van der Waals surface area contributed by atoms with E-state index in [9.17, 15) is 4.79 Å². The van der Waals surface area contributed by atoms with Gasteiger partial charge in [-0.3, -0.25) is 4.79 Å². The Morgan fingerprint density at radius 1 is 1.11 bits per heavy atom. The van der Waals surface area contributed by atoms with E-state index in [2.05, 4.69) is 30.9 Å². The Kier molecular flexibility index (Phi) is 5.22. The fourth-order valence-corrected chi connectivity index (χ4v) is 4.86. The average molecular weight is 396 g/mol. The minimum absolute atomic E-state index is 0.181. The lowest BCUT2D eigenvalue weighted by molar-refractivity contribution is -0.130. The van der Waals surface area contributed by atoms with Crippen LogP contribution in [0.5, 0.6) is 5.75 Å². The molecule has 0 unspecified atom stereocenters. The van der Waals surface area contributed by atoms with Crippen molar-refractivity contribution in [3.63, 3.8) is 0 Å². The quantitative estimate of drug-likeness (QED) is 0.674. The Balaban J connectivity index is 1.38. The van der Waals surface area contributed by atoms with Crippen molar-refractivity contribution in [3.05, 3.63) is 53.1 Å². The lowest BCUT2D eigenvalue weighted by atomic mass is 10.1. The molecule has 0 atom stereocenters. The highest BCUT2D eigenvalue weighted by molar-refractivity contribution is 7.22. The molecule has 1 saturated heterocycles. The third-order valence-electron chi connectivity index (χ3n) is 5.24. The maximum absolute atomic E-state index is 12.7. The Morgan fingerprint density at radius 2 is 1.82 bits per heavy atom. The van der Waals surface area contributed by atoms with Gasteiger partial charge in [-0.25, -0.2) is 4.98 Å². The molecule has 1 aromatic heterocycles. The van der Waals surface area contributed by atoms with Gasteiger partial charge in [0, 0.05) is 26.2 Å². The van der Waals surface area contributed by atoms with E-state index in [-0.39, 0.29) is 5.91 Å². The molecule has 146 valence electrons. The van der Waals surface area contributed by atoms with E-state index in [0.29, 0.717) is 6.42 Å². The number of carbonyl (C=O) groups is 1. The van der Waals surface area contributed by atoms with Crippen LogP contribution in [0.15, 0.2) is 36.4 Å². The van der Waals surface area contributed by atoms with Gasteiger partial charge in [-0.1, -0.05) is 29.5 Å². The van der Waals surface area contributed by atoms with E-state index in [0.717, 1.165) is 48.1 Å². The number of thiazole rings is 1. The number of ether oxygens (including phenoxy) is 1. The average Bonchev–Trinajstić information content (AvgIpc) is 3.13. The summed E-state index contributed by atoms with van der Waals surface area (Å²) >= 11 is 1.75. The molecule has 6 heteroatoms. The van der Waals surface area contributed by atoms with Crippen LogP contribution in [0.25, 0.3) is 10.2 Å². The number of hydrogen-bond acceptors (Lipinski definition) is 5. The van der Waals surface area contributed by atoms with Crippen molar-refractivity contribution in [1.82, 2.24) is 9.88 Å². The fourth-order valence-electron chi connectivity index (χ4n) is 3.67. The summed E-state index contributed by atoms with van der Waals surface area (Å²) < 4.78 is 6.42. The Bertz CT molecular complexity index is 989. The van der Waals surface area contributed by atoms with Gasteiger partial charge >= 0.3 is 0 Å². The molecule has 2 heterocycles. The van der Waals surface area contributed by atoms with Crippen LogP contribution in [0.3, 0.4) is 0 Å². The number of benzene rings is 2. The van der Waals surface area contributed by atoms with Crippen molar-refractivity contribution in [2.45, 2.75) is 20.3 Å². The van der Waals surface area contributed by atoms with Crippen molar-refractivity contribution in [3.8, 4) is 5.75 Å². The van der Waals surface area contributed by atoms with Crippen LogP contribution in [0.2, 0.25) is 0 Å². The molecule has 4 rings (SSSR count). The fraction of sp³-hybridized carbons (Fsp3) is 0.364. The summed E-state index contributed by atoms with van der Waals surface area (Å²) in [5.41, 5.74) is 4.62. The van der Waals surface area contributed by atoms with Gasteiger partial charge in [0.15, 0.2) is 5.13 Å². The molecule has 28 heavy (non-hydrogen) atoms. The number of nitrogens with zero attached hydrogens (tertiary/aromatic N) is 3. The van der Waals surface area contributed by atoms with Gasteiger partial charge in [-0.05, 0) is 48.7 Å². The smallest absolute Gasteiger partial charge is 0.227 e. The van der Waals surface area contributed by atoms with E-state index in [1.807, 2.05) is 29.2 Å². The van der Waals surface area contributed by atoms with Crippen LogP contribution in [0.4, 0.5) is 5.13 Å². The van der Waals surface area contributed by atoms with E-state index in [1.54, 1.807) is 18.4 Å². The third-order valence-corrected chi connectivity index (χ3v) is 6.30. The normalized spacial score (nSPS) is 14.5. The molecular weight excluding hydrogens is 370 g/mol. The number of rotatable bonds is 4. The Labute approximate surface area is 169 Å². The summed E-state index contributed by atoms with van der Waals surface area (Å²) in [6, 6.07) is 12.1. The first-order valence-corrected chi connectivity index (χ1v) is 10.4. The van der Waals surface area contributed by atoms with E-state index >= 15 is 0 Å². The first-order valence-electron chi connectivity index (χ1n) is 9.57. The van der Waals surface area contributed by atoms with Gasteiger partial charge in [-0.2, -0.15) is 0 Å². The zero-order chi connectivity index (χ0) is 19.7. The molecule has 0 saturated carbocycles. The van der Waals surface area contributed by atoms with Crippen LogP contribution in [-0.2, 0) is 11.2 Å². The molecule has 0 aliphatic carbocycles. The number of hydrogen-bond donors (Lipinski definition) is 0.